The average Bonchev–Trinajstić information content (AvgIpc) is 2.78. The summed E-state index contributed by atoms with van der Waals surface area (Å²) in [5.41, 5.74) is 4.38. The van der Waals surface area contributed by atoms with Crippen molar-refractivity contribution in [1.82, 2.24) is 0 Å². The van der Waals surface area contributed by atoms with Gasteiger partial charge in [-0.25, -0.2) is 9.98 Å². The quantitative estimate of drug-likeness (QED) is 0.359. The molecule has 0 unspecified atom stereocenters. The van der Waals surface area contributed by atoms with E-state index in [1.54, 1.807) is 23.5 Å². The third-order valence-corrected chi connectivity index (χ3v) is 7.10. The Balaban J connectivity index is 1.54. The van der Waals surface area contributed by atoms with Gasteiger partial charge in [0.1, 0.15) is 10.1 Å². The van der Waals surface area contributed by atoms with Gasteiger partial charge in [-0.05, 0) is 24.3 Å². The molecule has 4 aromatic carbocycles. The van der Waals surface area contributed by atoms with E-state index in [1.807, 2.05) is 12.1 Å². The fourth-order valence-corrected chi connectivity index (χ4v) is 5.74. The maximum Gasteiger partial charge on any atom is 0.109 e. The number of nitrogens with zero attached hydrogens (tertiary/aromatic N) is 2. The number of hydrogen-bond acceptors (Lipinski definition) is 4. The number of benzene rings is 4. The Bertz CT molecular complexity index is 1190. The van der Waals surface area contributed by atoms with Crippen LogP contribution in [0, 0.1) is 0 Å². The van der Waals surface area contributed by atoms with Crippen LogP contribution in [0.1, 0.15) is 11.1 Å². The van der Waals surface area contributed by atoms with Crippen molar-refractivity contribution in [2.24, 2.45) is 9.98 Å². The van der Waals surface area contributed by atoms with Crippen LogP contribution in [-0.4, -0.2) is 10.1 Å². The molecule has 6 rings (SSSR count). The highest BCUT2D eigenvalue weighted by molar-refractivity contribution is 8.15. The maximum atomic E-state index is 4.97. The van der Waals surface area contributed by atoms with Crippen molar-refractivity contribution in [1.29, 1.82) is 0 Å². The largest absolute Gasteiger partial charge is 0.240 e. The van der Waals surface area contributed by atoms with Crippen LogP contribution in [0.15, 0.2) is 105 Å². The summed E-state index contributed by atoms with van der Waals surface area (Å²) in [6.45, 7) is 0. The predicted molar refractivity (Wildman–Crippen MR) is 121 cm³/mol. The molecule has 0 spiro atoms. The van der Waals surface area contributed by atoms with Crippen molar-refractivity contribution in [2.75, 3.05) is 0 Å². The number of rotatable bonds is 2. The first kappa shape index (κ1) is 16.2. The lowest BCUT2D eigenvalue weighted by atomic mass is 10.1. The van der Waals surface area contributed by atoms with Crippen molar-refractivity contribution in [3.05, 3.63) is 96.1 Å². The molecule has 0 aromatic heterocycles. The second-order valence-electron chi connectivity index (χ2n) is 6.69. The normalized spacial score (nSPS) is 14.6. The molecule has 2 heterocycles. The molecule has 0 aliphatic carbocycles. The van der Waals surface area contributed by atoms with E-state index in [0.29, 0.717) is 0 Å². The van der Waals surface area contributed by atoms with Gasteiger partial charge in [-0.15, -0.1) is 0 Å². The van der Waals surface area contributed by atoms with Crippen molar-refractivity contribution in [3.63, 3.8) is 0 Å². The van der Waals surface area contributed by atoms with Gasteiger partial charge in [0.05, 0.1) is 11.4 Å². The summed E-state index contributed by atoms with van der Waals surface area (Å²) in [4.78, 5) is 12.5. The van der Waals surface area contributed by atoms with Gasteiger partial charge in [-0.2, -0.15) is 0 Å². The molecule has 4 heteroatoms. The third kappa shape index (κ3) is 2.53. The lowest BCUT2D eigenvalue weighted by Crippen LogP contribution is -2.02. The predicted octanol–water partition coefficient (Wildman–Crippen LogP) is 7.21. The molecule has 2 aliphatic rings. The molecule has 4 aromatic rings. The van der Waals surface area contributed by atoms with E-state index >= 15 is 0 Å². The first-order valence-corrected chi connectivity index (χ1v) is 10.7. The average molecular weight is 395 g/mol. The zero-order valence-electron chi connectivity index (χ0n) is 14.8. The van der Waals surface area contributed by atoms with Gasteiger partial charge in [0.25, 0.3) is 0 Å². The molecule has 2 aliphatic heterocycles. The first-order valence-electron chi connectivity index (χ1n) is 9.10. The van der Waals surface area contributed by atoms with Gasteiger partial charge in [-0.3, -0.25) is 0 Å². The van der Waals surface area contributed by atoms with Crippen molar-refractivity contribution >= 4 is 55.8 Å². The highest BCUT2D eigenvalue weighted by atomic mass is 32.2. The Morgan fingerprint density at radius 3 is 1.32 bits per heavy atom. The van der Waals surface area contributed by atoms with E-state index in [9.17, 15) is 0 Å². The van der Waals surface area contributed by atoms with Crippen molar-refractivity contribution in [2.45, 2.75) is 9.79 Å². The Labute approximate surface area is 171 Å². The van der Waals surface area contributed by atoms with Gasteiger partial charge in [0, 0.05) is 31.7 Å². The van der Waals surface area contributed by atoms with E-state index in [-0.39, 0.29) is 0 Å². The molecule has 132 valence electrons. The van der Waals surface area contributed by atoms with Crippen LogP contribution in [0.4, 0.5) is 11.4 Å². The van der Waals surface area contributed by atoms with Gasteiger partial charge in [-0.1, -0.05) is 84.2 Å². The molecule has 0 saturated carbocycles. The minimum atomic E-state index is 1.03. The van der Waals surface area contributed by atoms with Gasteiger partial charge >= 0.3 is 0 Å². The van der Waals surface area contributed by atoms with Gasteiger partial charge in [0.2, 0.25) is 0 Å². The molecule has 2 nitrogen and oxygen atoms in total. The Hall–Kier alpha value is -2.82. The van der Waals surface area contributed by atoms with E-state index in [0.717, 1.165) is 32.6 Å². The van der Waals surface area contributed by atoms with Crippen LogP contribution >= 0.6 is 23.5 Å². The second-order valence-corrected chi connectivity index (χ2v) is 8.75. The maximum absolute atomic E-state index is 4.97. The van der Waals surface area contributed by atoms with Crippen LogP contribution in [0.2, 0.25) is 0 Å². The SMILES string of the molecule is c1ccc(C2=Nc3ccc4c5c(ccc(c35)S2)N=C(c2ccccc2)S4)cc1. The topological polar surface area (TPSA) is 24.7 Å². The lowest BCUT2D eigenvalue weighted by molar-refractivity contribution is 1.40. The van der Waals surface area contributed by atoms with Crippen molar-refractivity contribution < 1.29 is 0 Å². The monoisotopic (exact) mass is 394 g/mol. The molecule has 0 atom stereocenters. The summed E-state index contributed by atoms with van der Waals surface area (Å²) in [7, 11) is 0. The Morgan fingerprint density at radius 1 is 0.464 bits per heavy atom. The van der Waals surface area contributed by atoms with Crippen LogP contribution in [0.25, 0.3) is 10.8 Å². The number of thioether (sulfide) groups is 2. The van der Waals surface area contributed by atoms with Crippen molar-refractivity contribution in [3.8, 4) is 0 Å². The van der Waals surface area contributed by atoms with Gasteiger partial charge in [0.15, 0.2) is 0 Å². The summed E-state index contributed by atoms with van der Waals surface area (Å²) in [6.07, 6.45) is 0. The smallest absolute Gasteiger partial charge is 0.109 e. The van der Waals surface area contributed by atoms with Gasteiger partial charge < -0.3 is 0 Å². The molecular formula is C24H14N2S2. The molecule has 28 heavy (non-hydrogen) atoms. The molecule has 0 amide bonds. The van der Waals surface area contributed by atoms with Crippen LogP contribution in [0.5, 0.6) is 0 Å². The summed E-state index contributed by atoms with van der Waals surface area (Å²) in [5, 5.41) is 4.55. The summed E-state index contributed by atoms with van der Waals surface area (Å²) < 4.78 is 0. The molecular weight excluding hydrogens is 380 g/mol. The first-order chi connectivity index (χ1) is 13.9. The Morgan fingerprint density at radius 2 is 0.893 bits per heavy atom. The second kappa shape index (κ2) is 6.36. The van der Waals surface area contributed by atoms with Crippen LogP contribution in [0.3, 0.4) is 0 Å². The fraction of sp³-hybridized carbons (Fsp3) is 0. The molecule has 0 radical (unpaired) electrons. The van der Waals surface area contributed by atoms with E-state index in [1.165, 1.54) is 20.6 Å². The van der Waals surface area contributed by atoms with Crippen LogP contribution < -0.4 is 0 Å². The highest BCUT2D eigenvalue weighted by Gasteiger charge is 2.24. The summed E-state index contributed by atoms with van der Waals surface area (Å²) in [6, 6.07) is 29.5. The van der Waals surface area contributed by atoms with E-state index in [2.05, 4.69) is 72.8 Å². The number of hydrogen-bond donors (Lipinski definition) is 0. The zero-order chi connectivity index (χ0) is 18.5. The molecule has 0 N–H and O–H groups in total. The van der Waals surface area contributed by atoms with E-state index < -0.39 is 0 Å². The number of aliphatic imine (C=N–C) groups is 2. The lowest BCUT2D eigenvalue weighted by Gasteiger charge is -2.22. The highest BCUT2D eigenvalue weighted by Crippen LogP contribution is 2.50. The third-order valence-electron chi connectivity index (χ3n) is 4.94. The molecule has 0 saturated heterocycles. The molecule has 0 bridgehead atoms. The molecule has 0 fully saturated rings. The van der Waals surface area contributed by atoms with E-state index in [4.69, 9.17) is 9.98 Å². The zero-order valence-corrected chi connectivity index (χ0v) is 16.4. The standard InChI is InChI=1S/C24H14N2S2/c1-3-7-15(8-4-1)23-25-17-11-14-20-22-18(12-13-19(27-23)21(17)22)26-24(28-20)16-9-5-2-6-10-16/h1-14H. The summed E-state index contributed by atoms with van der Waals surface area (Å²) >= 11 is 3.49. The minimum Gasteiger partial charge on any atom is -0.240 e. The minimum absolute atomic E-state index is 1.03. The fourth-order valence-electron chi connectivity index (χ4n) is 3.64. The van der Waals surface area contributed by atoms with Crippen LogP contribution in [-0.2, 0) is 0 Å². The summed E-state index contributed by atoms with van der Waals surface area (Å²) in [5.74, 6) is 0. The Kier molecular flexibility index (Phi) is 3.67.